The Labute approximate surface area is 191 Å². The topological polar surface area (TPSA) is 91.6 Å². The van der Waals surface area contributed by atoms with Crippen molar-refractivity contribution in [2.24, 2.45) is 0 Å². The smallest absolute Gasteiger partial charge is 0.332 e. The number of hydrogen-bond acceptors (Lipinski definition) is 6. The third kappa shape index (κ3) is 4.37. The van der Waals surface area contributed by atoms with Gasteiger partial charge in [0.2, 0.25) is 5.91 Å². The van der Waals surface area contributed by atoms with Crippen LogP contribution in [0.5, 0.6) is 11.5 Å². The van der Waals surface area contributed by atoms with E-state index in [1.807, 2.05) is 0 Å². The zero-order valence-corrected chi connectivity index (χ0v) is 18.6. The molecule has 1 amide bonds. The predicted molar refractivity (Wildman–Crippen MR) is 124 cm³/mol. The lowest BCUT2D eigenvalue weighted by molar-refractivity contribution is -0.116. The summed E-state index contributed by atoms with van der Waals surface area (Å²) in [5.41, 5.74) is -0.324. The number of amides is 1. The molecular weight excluding hydrogens is 449 g/mol. The van der Waals surface area contributed by atoms with Gasteiger partial charge in [0.05, 0.1) is 32.0 Å². The summed E-state index contributed by atoms with van der Waals surface area (Å²) in [5, 5.41) is 4.38. The van der Waals surface area contributed by atoms with Crippen molar-refractivity contribution in [3.63, 3.8) is 0 Å². The molecule has 4 aromatic rings. The number of carbonyl (C=O) groups is 1. The lowest BCUT2D eigenvalue weighted by atomic mass is 10.2. The standard InChI is InChI=1S/C23H20FN3O5S/c1-31-15-7-8-19(32-2)17(11-15)25-20(28)13-26-18-9-10-33-21(18)22(29)27(23(26)30)12-14-5-3-4-6-16(14)24/h3-11H,12-13H2,1-2H3,(H,25,28). The van der Waals surface area contributed by atoms with Crippen molar-refractivity contribution in [1.29, 1.82) is 0 Å². The summed E-state index contributed by atoms with van der Waals surface area (Å²) >= 11 is 1.15. The summed E-state index contributed by atoms with van der Waals surface area (Å²) in [6.07, 6.45) is 0. The Kier molecular flexibility index (Phi) is 6.27. The Bertz CT molecular complexity index is 1460. The Balaban J connectivity index is 1.72. The van der Waals surface area contributed by atoms with E-state index >= 15 is 0 Å². The summed E-state index contributed by atoms with van der Waals surface area (Å²) < 4.78 is 27.1. The molecule has 4 rings (SSSR count). The zero-order chi connectivity index (χ0) is 23.5. The molecule has 0 aliphatic rings. The maximum atomic E-state index is 14.2. The highest BCUT2D eigenvalue weighted by Gasteiger charge is 2.18. The van der Waals surface area contributed by atoms with Gasteiger partial charge in [-0.3, -0.25) is 18.7 Å². The molecule has 0 unspecified atom stereocenters. The lowest BCUT2D eigenvalue weighted by Crippen LogP contribution is -2.41. The highest BCUT2D eigenvalue weighted by molar-refractivity contribution is 7.17. The largest absolute Gasteiger partial charge is 0.497 e. The van der Waals surface area contributed by atoms with E-state index in [2.05, 4.69) is 5.32 Å². The van der Waals surface area contributed by atoms with Gasteiger partial charge in [0.15, 0.2) is 0 Å². The number of nitrogens with zero attached hydrogens (tertiary/aromatic N) is 2. The van der Waals surface area contributed by atoms with E-state index in [1.165, 1.54) is 37.0 Å². The maximum absolute atomic E-state index is 14.2. The van der Waals surface area contributed by atoms with E-state index in [-0.39, 0.29) is 18.7 Å². The van der Waals surface area contributed by atoms with Crippen LogP contribution in [0.15, 0.2) is 63.5 Å². The van der Waals surface area contributed by atoms with Gasteiger partial charge in [-0.05, 0) is 29.6 Å². The fourth-order valence-electron chi connectivity index (χ4n) is 3.47. The molecule has 8 nitrogen and oxygen atoms in total. The molecule has 33 heavy (non-hydrogen) atoms. The highest BCUT2D eigenvalue weighted by Crippen LogP contribution is 2.29. The number of benzene rings is 2. The minimum Gasteiger partial charge on any atom is -0.497 e. The van der Waals surface area contributed by atoms with Gasteiger partial charge in [0.25, 0.3) is 5.56 Å². The summed E-state index contributed by atoms with van der Waals surface area (Å²) in [7, 11) is 2.97. The van der Waals surface area contributed by atoms with E-state index in [0.717, 1.165) is 15.9 Å². The molecule has 0 spiro atoms. The molecule has 0 radical (unpaired) electrons. The number of anilines is 1. The third-order valence-corrected chi connectivity index (χ3v) is 6.00. The molecule has 170 valence electrons. The van der Waals surface area contributed by atoms with E-state index in [4.69, 9.17) is 9.47 Å². The molecule has 10 heteroatoms. The summed E-state index contributed by atoms with van der Waals surface area (Å²) in [6, 6.07) is 12.5. The van der Waals surface area contributed by atoms with Gasteiger partial charge in [-0.25, -0.2) is 9.18 Å². The molecule has 0 bridgehead atoms. The molecule has 2 aromatic heterocycles. The molecule has 0 aliphatic heterocycles. The second-order valence-electron chi connectivity index (χ2n) is 7.10. The van der Waals surface area contributed by atoms with Gasteiger partial charge in [-0.1, -0.05) is 18.2 Å². The number of ether oxygens (including phenoxy) is 2. The molecule has 0 saturated heterocycles. The van der Waals surface area contributed by atoms with Gasteiger partial charge in [0.1, 0.15) is 28.6 Å². The molecule has 0 saturated carbocycles. The normalized spacial score (nSPS) is 10.9. The van der Waals surface area contributed by atoms with Gasteiger partial charge in [-0.2, -0.15) is 0 Å². The molecule has 0 atom stereocenters. The van der Waals surface area contributed by atoms with Crippen LogP contribution >= 0.6 is 11.3 Å². The number of halogens is 1. The number of fused-ring (bicyclic) bond motifs is 1. The number of carbonyl (C=O) groups excluding carboxylic acids is 1. The van der Waals surface area contributed by atoms with Crippen LogP contribution in [0.2, 0.25) is 0 Å². The fourth-order valence-corrected chi connectivity index (χ4v) is 4.31. The highest BCUT2D eigenvalue weighted by atomic mass is 32.1. The lowest BCUT2D eigenvalue weighted by Gasteiger charge is -2.14. The Morgan fingerprint density at radius 2 is 1.85 bits per heavy atom. The molecule has 2 heterocycles. The van der Waals surface area contributed by atoms with Gasteiger partial charge in [0, 0.05) is 11.6 Å². The van der Waals surface area contributed by atoms with Crippen LogP contribution in [-0.4, -0.2) is 29.3 Å². The first-order valence-electron chi connectivity index (χ1n) is 9.89. The number of thiophene rings is 1. The molecule has 2 aromatic carbocycles. The number of rotatable bonds is 7. The Morgan fingerprint density at radius 1 is 1.06 bits per heavy atom. The van der Waals surface area contributed by atoms with Crippen LogP contribution in [0.3, 0.4) is 0 Å². The molecule has 0 aliphatic carbocycles. The van der Waals surface area contributed by atoms with Crippen molar-refractivity contribution in [2.45, 2.75) is 13.1 Å². The van der Waals surface area contributed by atoms with Gasteiger partial charge >= 0.3 is 5.69 Å². The second kappa shape index (κ2) is 9.29. The fraction of sp³-hybridized carbons (Fsp3) is 0.174. The SMILES string of the molecule is COc1ccc(OC)c(NC(=O)Cn2c(=O)n(Cc3ccccc3F)c(=O)c3sccc32)c1. The predicted octanol–water partition coefficient (Wildman–Crippen LogP) is 3.07. The minimum absolute atomic E-state index is 0.199. The van der Waals surface area contributed by atoms with Crippen LogP contribution in [0, 0.1) is 5.82 Å². The Hall–Kier alpha value is -3.92. The van der Waals surface area contributed by atoms with Crippen molar-refractivity contribution in [2.75, 3.05) is 19.5 Å². The zero-order valence-electron chi connectivity index (χ0n) is 17.8. The van der Waals surface area contributed by atoms with E-state index in [1.54, 1.807) is 35.7 Å². The minimum atomic E-state index is -0.707. The van der Waals surface area contributed by atoms with Crippen LogP contribution in [-0.2, 0) is 17.9 Å². The quantitative estimate of drug-likeness (QED) is 0.449. The summed E-state index contributed by atoms with van der Waals surface area (Å²) in [4.78, 5) is 39.0. The average Bonchev–Trinajstić information content (AvgIpc) is 3.30. The second-order valence-corrected chi connectivity index (χ2v) is 8.02. The van der Waals surface area contributed by atoms with Crippen molar-refractivity contribution in [1.82, 2.24) is 9.13 Å². The maximum Gasteiger partial charge on any atom is 0.332 e. The van der Waals surface area contributed by atoms with E-state index < -0.39 is 23.0 Å². The van der Waals surface area contributed by atoms with Crippen molar-refractivity contribution >= 4 is 33.1 Å². The number of aromatic nitrogens is 2. The molecule has 0 fully saturated rings. The van der Waals surface area contributed by atoms with Crippen LogP contribution in [0.4, 0.5) is 10.1 Å². The monoisotopic (exact) mass is 469 g/mol. The average molecular weight is 469 g/mol. The Morgan fingerprint density at radius 3 is 2.58 bits per heavy atom. The van der Waals surface area contributed by atoms with Crippen LogP contribution < -0.4 is 26.0 Å². The number of nitrogens with one attached hydrogen (secondary N) is 1. The number of hydrogen-bond donors (Lipinski definition) is 1. The van der Waals surface area contributed by atoms with Crippen molar-refractivity contribution in [3.8, 4) is 11.5 Å². The summed E-state index contributed by atoms with van der Waals surface area (Å²) in [6.45, 7) is -0.604. The van der Waals surface area contributed by atoms with Crippen molar-refractivity contribution in [3.05, 3.63) is 86.1 Å². The first-order valence-corrected chi connectivity index (χ1v) is 10.8. The molecule has 1 N–H and O–H groups in total. The van der Waals surface area contributed by atoms with Crippen molar-refractivity contribution < 1.29 is 18.7 Å². The van der Waals surface area contributed by atoms with Gasteiger partial charge in [-0.15, -0.1) is 11.3 Å². The first kappa shape index (κ1) is 22.3. The molecular formula is C23H20FN3O5S. The first-order chi connectivity index (χ1) is 15.9. The third-order valence-electron chi connectivity index (χ3n) is 5.11. The van der Waals surface area contributed by atoms with E-state index in [0.29, 0.717) is 27.4 Å². The van der Waals surface area contributed by atoms with Crippen LogP contribution in [0.1, 0.15) is 5.56 Å². The number of methoxy groups -OCH3 is 2. The van der Waals surface area contributed by atoms with Crippen LogP contribution in [0.25, 0.3) is 10.2 Å². The summed E-state index contributed by atoms with van der Waals surface area (Å²) in [5.74, 6) is -0.0969. The van der Waals surface area contributed by atoms with Gasteiger partial charge < -0.3 is 14.8 Å². The van der Waals surface area contributed by atoms with E-state index in [9.17, 15) is 18.8 Å².